The highest BCUT2D eigenvalue weighted by molar-refractivity contribution is 4.79. The summed E-state index contributed by atoms with van der Waals surface area (Å²) < 4.78 is 5.45. The normalized spacial score (nSPS) is 30.6. The number of nitrogens with two attached hydrogens (primary N) is 1. The first-order valence-electron chi connectivity index (χ1n) is 6.14. The molecule has 4 nitrogen and oxygen atoms in total. The van der Waals surface area contributed by atoms with Crippen molar-refractivity contribution in [3.63, 3.8) is 0 Å². The summed E-state index contributed by atoms with van der Waals surface area (Å²) >= 11 is 0. The predicted octanol–water partition coefficient (Wildman–Crippen LogP) is -0.258. The van der Waals surface area contributed by atoms with Gasteiger partial charge in [-0.1, -0.05) is 0 Å². The van der Waals surface area contributed by atoms with Gasteiger partial charge in [-0.15, -0.1) is 0 Å². The van der Waals surface area contributed by atoms with Crippen molar-refractivity contribution in [1.29, 1.82) is 0 Å². The standard InChI is InChI=1S/C11H23N3O/c12-3-6-13-4-1-5-14(8-7-13)11-2-9-15-10-11/h11H,1-10,12H2. The van der Waals surface area contributed by atoms with Gasteiger partial charge in [-0.25, -0.2) is 0 Å². The Bertz CT molecular complexity index is 183. The van der Waals surface area contributed by atoms with Gasteiger partial charge >= 0.3 is 0 Å². The highest BCUT2D eigenvalue weighted by atomic mass is 16.5. The molecule has 2 fully saturated rings. The zero-order chi connectivity index (χ0) is 10.5. The third-order valence-corrected chi connectivity index (χ3v) is 3.49. The molecule has 2 aliphatic heterocycles. The van der Waals surface area contributed by atoms with Crippen LogP contribution in [0.4, 0.5) is 0 Å². The molecule has 0 spiro atoms. The lowest BCUT2D eigenvalue weighted by molar-refractivity contribution is 0.145. The van der Waals surface area contributed by atoms with Crippen LogP contribution >= 0.6 is 0 Å². The van der Waals surface area contributed by atoms with E-state index in [4.69, 9.17) is 10.5 Å². The summed E-state index contributed by atoms with van der Waals surface area (Å²) in [4.78, 5) is 5.08. The minimum Gasteiger partial charge on any atom is -0.380 e. The molecular formula is C11H23N3O. The summed E-state index contributed by atoms with van der Waals surface area (Å²) in [5.41, 5.74) is 5.59. The van der Waals surface area contributed by atoms with E-state index in [1.165, 1.54) is 39.0 Å². The molecule has 2 N–H and O–H groups in total. The van der Waals surface area contributed by atoms with E-state index in [-0.39, 0.29) is 0 Å². The fourth-order valence-corrected chi connectivity index (χ4v) is 2.57. The molecule has 0 aliphatic carbocycles. The minimum absolute atomic E-state index is 0.683. The summed E-state index contributed by atoms with van der Waals surface area (Å²) in [5, 5.41) is 0. The van der Waals surface area contributed by atoms with E-state index in [1.807, 2.05) is 0 Å². The van der Waals surface area contributed by atoms with Crippen molar-refractivity contribution in [2.24, 2.45) is 5.73 Å². The molecule has 0 aromatic heterocycles. The summed E-state index contributed by atoms with van der Waals surface area (Å²) in [5.74, 6) is 0. The molecule has 88 valence electrons. The molecule has 2 saturated heterocycles. The highest BCUT2D eigenvalue weighted by Gasteiger charge is 2.24. The van der Waals surface area contributed by atoms with Crippen molar-refractivity contribution in [2.45, 2.75) is 18.9 Å². The lowest BCUT2D eigenvalue weighted by Gasteiger charge is -2.26. The van der Waals surface area contributed by atoms with Crippen molar-refractivity contribution >= 4 is 0 Å². The molecule has 2 heterocycles. The van der Waals surface area contributed by atoms with E-state index in [9.17, 15) is 0 Å². The number of nitrogens with zero attached hydrogens (tertiary/aromatic N) is 2. The molecule has 0 aromatic carbocycles. The quantitative estimate of drug-likeness (QED) is 0.701. The maximum absolute atomic E-state index is 5.59. The lowest BCUT2D eigenvalue weighted by Crippen LogP contribution is -2.39. The van der Waals surface area contributed by atoms with E-state index in [0.717, 1.165) is 26.3 Å². The molecule has 0 radical (unpaired) electrons. The van der Waals surface area contributed by atoms with Crippen LogP contribution in [0.25, 0.3) is 0 Å². The monoisotopic (exact) mass is 213 g/mol. The molecular weight excluding hydrogens is 190 g/mol. The smallest absolute Gasteiger partial charge is 0.0622 e. The summed E-state index contributed by atoms with van der Waals surface area (Å²) in [6.45, 7) is 8.53. The molecule has 0 aromatic rings. The Balaban J connectivity index is 1.78. The molecule has 0 amide bonds. The zero-order valence-corrected chi connectivity index (χ0v) is 9.53. The molecule has 4 heteroatoms. The number of ether oxygens (including phenoxy) is 1. The minimum atomic E-state index is 0.683. The maximum Gasteiger partial charge on any atom is 0.0622 e. The third kappa shape index (κ3) is 3.14. The van der Waals surface area contributed by atoms with Crippen LogP contribution < -0.4 is 5.73 Å². The first-order chi connectivity index (χ1) is 7.40. The van der Waals surface area contributed by atoms with Crippen LogP contribution in [-0.4, -0.2) is 68.3 Å². The van der Waals surface area contributed by atoms with Crippen molar-refractivity contribution < 1.29 is 4.74 Å². The van der Waals surface area contributed by atoms with Gasteiger partial charge in [-0.05, 0) is 25.9 Å². The summed E-state index contributed by atoms with van der Waals surface area (Å²) in [7, 11) is 0. The van der Waals surface area contributed by atoms with Gasteiger partial charge in [0.15, 0.2) is 0 Å². The molecule has 2 rings (SSSR count). The molecule has 1 unspecified atom stereocenters. The second-order valence-electron chi connectivity index (χ2n) is 4.54. The first-order valence-corrected chi connectivity index (χ1v) is 6.14. The fourth-order valence-electron chi connectivity index (χ4n) is 2.57. The lowest BCUT2D eigenvalue weighted by atomic mass is 10.2. The van der Waals surface area contributed by atoms with Crippen molar-refractivity contribution in [3.8, 4) is 0 Å². The van der Waals surface area contributed by atoms with Gasteiger partial charge in [0.2, 0.25) is 0 Å². The Morgan fingerprint density at radius 1 is 1.20 bits per heavy atom. The van der Waals surface area contributed by atoms with Gasteiger partial charge in [0.1, 0.15) is 0 Å². The number of hydrogen-bond acceptors (Lipinski definition) is 4. The molecule has 0 bridgehead atoms. The van der Waals surface area contributed by atoms with Crippen LogP contribution in [0.1, 0.15) is 12.8 Å². The van der Waals surface area contributed by atoms with Crippen LogP contribution in [0.15, 0.2) is 0 Å². The van der Waals surface area contributed by atoms with Crippen LogP contribution in [-0.2, 0) is 4.74 Å². The van der Waals surface area contributed by atoms with E-state index in [1.54, 1.807) is 0 Å². The van der Waals surface area contributed by atoms with E-state index >= 15 is 0 Å². The van der Waals surface area contributed by atoms with E-state index in [0.29, 0.717) is 6.04 Å². The van der Waals surface area contributed by atoms with Gasteiger partial charge < -0.3 is 15.4 Å². The molecule has 15 heavy (non-hydrogen) atoms. The van der Waals surface area contributed by atoms with Crippen molar-refractivity contribution in [2.75, 3.05) is 52.5 Å². The van der Waals surface area contributed by atoms with Crippen LogP contribution in [0, 0.1) is 0 Å². The Hall–Kier alpha value is -0.160. The van der Waals surface area contributed by atoms with Gasteiger partial charge in [-0.2, -0.15) is 0 Å². The van der Waals surface area contributed by atoms with Crippen LogP contribution in [0.3, 0.4) is 0 Å². The average molecular weight is 213 g/mol. The van der Waals surface area contributed by atoms with Crippen molar-refractivity contribution in [1.82, 2.24) is 9.80 Å². The topological polar surface area (TPSA) is 41.7 Å². The van der Waals surface area contributed by atoms with Crippen LogP contribution in [0.5, 0.6) is 0 Å². The highest BCUT2D eigenvalue weighted by Crippen LogP contribution is 2.14. The summed E-state index contributed by atoms with van der Waals surface area (Å²) in [6, 6.07) is 0.683. The Morgan fingerprint density at radius 3 is 2.87 bits per heavy atom. The summed E-state index contributed by atoms with van der Waals surface area (Å²) in [6.07, 6.45) is 2.49. The van der Waals surface area contributed by atoms with Crippen LogP contribution in [0.2, 0.25) is 0 Å². The molecule has 2 aliphatic rings. The molecule has 1 atom stereocenters. The van der Waals surface area contributed by atoms with Gasteiger partial charge in [-0.3, -0.25) is 4.90 Å². The SMILES string of the molecule is NCCN1CCCN(C2CCOC2)CC1. The number of hydrogen-bond donors (Lipinski definition) is 1. The van der Waals surface area contributed by atoms with E-state index in [2.05, 4.69) is 9.80 Å². The van der Waals surface area contributed by atoms with Crippen molar-refractivity contribution in [3.05, 3.63) is 0 Å². The Morgan fingerprint density at radius 2 is 2.13 bits per heavy atom. The second-order valence-corrected chi connectivity index (χ2v) is 4.54. The average Bonchev–Trinajstić information content (AvgIpc) is 2.67. The maximum atomic E-state index is 5.59. The Labute approximate surface area is 92.4 Å². The largest absolute Gasteiger partial charge is 0.380 e. The third-order valence-electron chi connectivity index (χ3n) is 3.49. The fraction of sp³-hybridized carbons (Fsp3) is 1.00. The first kappa shape index (κ1) is 11.3. The van der Waals surface area contributed by atoms with Gasteiger partial charge in [0, 0.05) is 38.8 Å². The Kier molecular flexibility index (Phi) is 4.38. The van der Waals surface area contributed by atoms with E-state index < -0.39 is 0 Å². The van der Waals surface area contributed by atoms with Gasteiger partial charge in [0.25, 0.3) is 0 Å². The predicted molar refractivity (Wildman–Crippen MR) is 60.9 cm³/mol. The second kappa shape index (κ2) is 5.80. The zero-order valence-electron chi connectivity index (χ0n) is 9.53. The van der Waals surface area contributed by atoms with Gasteiger partial charge in [0.05, 0.1) is 6.61 Å². The molecule has 0 saturated carbocycles. The number of rotatable bonds is 3.